The summed E-state index contributed by atoms with van der Waals surface area (Å²) in [5, 5.41) is 0. The van der Waals surface area contributed by atoms with E-state index < -0.39 is 0 Å². The molecule has 0 saturated heterocycles. The van der Waals surface area contributed by atoms with Crippen molar-refractivity contribution in [3.8, 4) is 0 Å². The van der Waals surface area contributed by atoms with Crippen molar-refractivity contribution in [3.63, 3.8) is 0 Å². The monoisotopic (exact) mass is 308 g/mol. The van der Waals surface area contributed by atoms with Crippen LogP contribution in [0, 0.1) is 0 Å². The molecule has 0 radical (unpaired) electrons. The summed E-state index contributed by atoms with van der Waals surface area (Å²) in [6.45, 7) is 0. The fraction of sp³-hybridized carbons (Fsp3) is 0.250. The van der Waals surface area contributed by atoms with Crippen LogP contribution in [0.5, 0.6) is 0 Å². The summed E-state index contributed by atoms with van der Waals surface area (Å²) in [4.78, 5) is 0. The number of hydrogen-bond acceptors (Lipinski definition) is 0. The van der Waals surface area contributed by atoms with E-state index in [-0.39, 0.29) is 2.33 Å². The van der Waals surface area contributed by atoms with E-state index in [0.29, 0.717) is 0 Å². The van der Waals surface area contributed by atoms with Crippen molar-refractivity contribution in [3.05, 3.63) is 35.4 Å². The first-order valence-electron chi connectivity index (χ1n) is 3.16. The third kappa shape index (κ3) is 0.925. The van der Waals surface area contributed by atoms with Crippen molar-refractivity contribution >= 4 is 38.5 Å². The molecule has 0 N–H and O–H groups in total. The van der Waals surface area contributed by atoms with Crippen molar-refractivity contribution in [2.45, 2.75) is 8.75 Å². The first-order valence-corrected chi connectivity index (χ1v) is 5.03. The van der Waals surface area contributed by atoms with Gasteiger partial charge in [0.15, 0.2) is 0 Å². The summed E-state index contributed by atoms with van der Waals surface area (Å²) in [6, 6.07) is 8.55. The molecule has 0 aliphatic heterocycles. The highest BCUT2D eigenvalue weighted by Crippen LogP contribution is 2.51. The van der Waals surface area contributed by atoms with Gasteiger partial charge in [-0.15, -0.1) is 0 Å². The average molecular weight is 309 g/mol. The maximum absolute atomic E-state index is 3.65. The highest BCUT2D eigenvalue weighted by molar-refractivity contribution is 14.1. The highest BCUT2D eigenvalue weighted by atomic mass is 127. The van der Waals surface area contributed by atoms with Crippen LogP contribution in [-0.2, 0) is 8.75 Å². The predicted molar refractivity (Wildman–Crippen MR) is 54.8 cm³/mol. The maximum Gasteiger partial charge on any atom is 0.106 e. The Kier molecular flexibility index (Phi) is 1.57. The number of rotatable bonds is 0. The van der Waals surface area contributed by atoms with E-state index in [1.807, 2.05) is 0 Å². The van der Waals surface area contributed by atoms with Gasteiger partial charge in [0.2, 0.25) is 0 Å². The Labute approximate surface area is 82.3 Å². The van der Waals surface area contributed by atoms with E-state index in [1.165, 1.54) is 11.1 Å². The van der Waals surface area contributed by atoms with Crippen molar-refractivity contribution in [1.82, 2.24) is 0 Å². The third-order valence-corrected chi connectivity index (χ3v) is 3.49. The van der Waals surface area contributed by atoms with E-state index in [0.717, 1.165) is 6.42 Å². The van der Waals surface area contributed by atoms with Gasteiger partial charge in [0.05, 0.1) is 0 Å². The third-order valence-electron chi connectivity index (χ3n) is 1.82. The van der Waals surface area contributed by atoms with Gasteiger partial charge in [-0.25, -0.2) is 0 Å². The molecular weight excluding hydrogens is 303 g/mol. The zero-order valence-corrected chi connectivity index (χ0v) is 9.02. The Balaban J connectivity index is 2.53. The summed E-state index contributed by atoms with van der Waals surface area (Å²) in [6.07, 6.45) is 1.16. The first-order chi connectivity index (χ1) is 4.70. The van der Waals surface area contributed by atoms with Gasteiger partial charge >= 0.3 is 0 Å². The number of halogens is 2. The zero-order chi connectivity index (χ0) is 7.19. The van der Waals surface area contributed by atoms with Crippen LogP contribution in [0.3, 0.4) is 0 Å². The predicted octanol–water partition coefficient (Wildman–Crippen LogP) is 3.23. The fourth-order valence-corrected chi connectivity index (χ4v) is 2.88. The Hall–Kier alpha value is 0.430. The first kappa shape index (κ1) is 7.10. The van der Waals surface area contributed by atoms with Crippen molar-refractivity contribution in [2.24, 2.45) is 0 Å². The minimum atomic E-state index is 0.237. The van der Waals surface area contributed by atoms with Crippen LogP contribution in [0.15, 0.2) is 24.3 Å². The van der Waals surface area contributed by atoms with E-state index in [2.05, 4.69) is 62.8 Å². The molecule has 0 fully saturated rings. The SMILES string of the molecule is BrC1(I)Cc2ccccc21. The molecule has 0 nitrogen and oxygen atoms in total. The molecule has 1 aromatic rings. The van der Waals surface area contributed by atoms with Crippen LogP contribution < -0.4 is 0 Å². The molecule has 0 amide bonds. The smallest absolute Gasteiger partial charge is 0.0680 e. The summed E-state index contributed by atoms with van der Waals surface area (Å²) in [5.74, 6) is 0. The molecular formula is C8H6BrI. The molecule has 2 heteroatoms. The number of hydrogen-bond donors (Lipinski definition) is 0. The second-order valence-electron chi connectivity index (χ2n) is 2.54. The number of fused-ring (bicyclic) bond motifs is 1. The summed E-state index contributed by atoms with van der Waals surface area (Å²) < 4.78 is 0.237. The second kappa shape index (κ2) is 2.21. The van der Waals surface area contributed by atoms with E-state index in [9.17, 15) is 0 Å². The average Bonchev–Trinajstić information content (AvgIpc) is 1.86. The molecule has 1 atom stereocenters. The Morgan fingerprint density at radius 2 is 2.10 bits per heavy atom. The Bertz CT molecular complexity index is 268. The molecule has 1 aromatic carbocycles. The number of benzene rings is 1. The van der Waals surface area contributed by atoms with Crippen LogP contribution in [0.2, 0.25) is 0 Å². The van der Waals surface area contributed by atoms with Crippen molar-refractivity contribution < 1.29 is 0 Å². The van der Waals surface area contributed by atoms with Crippen LogP contribution in [0.4, 0.5) is 0 Å². The van der Waals surface area contributed by atoms with Gasteiger partial charge in [-0.05, 0) is 11.1 Å². The summed E-state index contributed by atoms with van der Waals surface area (Å²) in [7, 11) is 0. The molecule has 2 rings (SSSR count). The second-order valence-corrected chi connectivity index (χ2v) is 7.22. The molecule has 0 aromatic heterocycles. The Morgan fingerprint density at radius 1 is 1.40 bits per heavy atom. The van der Waals surface area contributed by atoms with Crippen molar-refractivity contribution in [1.29, 1.82) is 0 Å². The molecule has 1 aliphatic rings. The molecule has 0 bridgehead atoms. The van der Waals surface area contributed by atoms with Gasteiger partial charge < -0.3 is 0 Å². The standard InChI is InChI=1S/C8H6BrI/c9-8(10)5-6-3-1-2-4-7(6)8/h1-4H,5H2. The largest absolute Gasteiger partial charge is 0.106 e. The zero-order valence-electron chi connectivity index (χ0n) is 5.27. The molecule has 1 unspecified atom stereocenters. The lowest BCUT2D eigenvalue weighted by atomic mass is 9.89. The normalized spacial score (nSPS) is 29.0. The number of alkyl halides is 2. The summed E-state index contributed by atoms with van der Waals surface area (Å²) >= 11 is 6.09. The highest BCUT2D eigenvalue weighted by Gasteiger charge is 2.36. The summed E-state index contributed by atoms with van der Waals surface area (Å²) in [5.41, 5.74) is 2.92. The van der Waals surface area contributed by atoms with Crippen LogP contribution in [-0.4, -0.2) is 0 Å². The molecule has 0 heterocycles. The molecule has 0 saturated carbocycles. The minimum Gasteiger partial charge on any atom is -0.0680 e. The fourth-order valence-electron chi connectivity index (χ4n) is 1.26. The van der Waals surface area contributed by atoms with Gasteiger partial charge in [-0.3, -0.25) is 0 Å². The van der Waals surface area contributed by atoms with Gasteiger partial charge in [0.1, 0.15) is 2.33 Å². The minimum absolute atomic E-state index is 0.237. The van der Waals surface area contributed by atoms with Gasteiger partial charge in [-0.1, -0.05) is 62.8 Å². The van der Waals surface area contributed by atoms with E-state index in [1.54, 1.807) is 0 Å². The van der Waals surface area contributed by atoms with Gasteiger partial charge in [-0.2, -0.15) is 0 Å². The van der Waals surface area contributed by atoms with Gasteiger partial charge in [0, 0.05) is 6.42 Å². The lowest BCUT2D eigenvalue weighted by Crippen LogP contribution is -2.25. The van der Waals surface area contributed by atoms with Gasteiger partial charge in [0.25, 0.3) is 0 Å². The lowest BCUT2D eigenvalue weighted by Gasteiger charge is -2.33. The van der Waals surface area contributed by atoms with Crippen molar-refractivity contribution in [2.75, 3.05) is 0 Å². The molecule has 1 aliphatic carbocycles. The maximum atomic E-state index is 3.65. The Morgan fingerprint density at radius 3 is 2.60 bits per heavy atom. The quantitative estimate of drug-likeness (QED) is 0.510. The van der Waals surface area contributed by atoms with Crippen LogP contribution in [0.25, 0.3) is 0 Å². The topological polar surface area (TPSA) is 0 Å². The van der Waals surface area contributed by atoms with E-state index >= 15 is 0 Å². The van der Waals surface area contributed by atoms with E-state index in [4.69, 9.17) is 0 Å². The lowest BCUT2D eigenvalue weighted by molar-refractivity contribution is 0.801. The van der Waals surface area contributed by atoms with Crippen LogP contribution in [0.1, 0.15) is 11.1 Å². The molecule has 52 valence electrons. The van der Waals surface area contributed by atoms with Crippen LogP contribution >= 0.6 is 38.5 Å². The molecule has 10 heavy (non-hydrogen) atoms. The molecule has 0 spiro atoms.